The number of hydrogen-bond donors (Lipinski definition) is 1. The van der Waals surface area contributed by atoms with Crippen molar-refractivity contribution in [3.05, 3.63) is 11.8 Å². The van der Waals surface area contributed by atoms with Gasteiger partial charge in [0.05, 0.1) is 13.2 Å². The van der Waals surface area contributed by atoms with Crippen molar-refractivity contribution in [3.63, 3.8) is 0 Å². The maximum absolute atomic E-state index is 10.9. The normalized spacial score (nSPS) is 21.9. The van der Waals surface area contributed by atoms with E-state index in [1.54, 1.807) is 6.08 Å². The molecule has 2 rings (SSSR count). The fraction of sp³-hybridized carbons (Fsp3) is 0.556. The monoisotopic (exact) mass is 195 g/mol. The fourth-order valence-corrected chi connectivity index (χ4v) is 1.59. The Morgan fingerprint density at radius 2 is 2.43 bits per heavy atom. The van der Waals surface area contributed by atoms with Gasteiger partial charge in [-0.05, 0) is 6.08 Å². The first-order valence-corrected chi connectivity index (χ1v) is 4.67. The molecule has 1 fully saturated rings. The van der Waals surface area contributed by atoms with E-state index in [1.165, 1.54) is 0 Å². The van der Waals surface area contributed by atoms with Gasteiger partial charge in [-0.25, -0.2) is 4.99 Å². The van der Waals surface area contributed by atoms with E-state index in [2.05, 4.69) is 9.89 Å². The smallest absolute Gasteiger partial charge is 0.267 e. The van der Waals surface area contributed by atoms with Crippen LogP contribution in [0, 0.1) is 0 Å². The summed E-state index contributed by atoms with van der Waals surface area (Å²) in [4.78, 5) is 17.2. The summed E-state index contributed by atoms with van der Waals surface area (Å²) >= 11 is 0. The van der Waals surface area contributed by atoms with Crippen molar-refractivity contribution in [1.82, 2.24) is 4.90 Å². The van der Waals surface area contributed by atoms with E-state index in [1.807, 2.05) is 0 Å². The largest absolute Gasteiger partial charge is 0.379 e. The number of fused-ring (bicyclic) bond motifs is 1. The van der Waals surface area contributed by atoms with E-state index >= 15 is 0 Å². The second kappa shape index (κ2) is 3.79. The molecule has 2 aliphatic rings. The molecule has 0 aromatic heterocycles. The molecule has 0 unspecified atom stereocenters. The van der Waals surface area contributed by atoms with Gasteiger partial charge in [-0.15, -0.1) is 0 Å². The maximum atomic E-state index is 10.9. The van der Waals surface area contributed by atoms with Crippen molar-refractivity contribution in [2.75, 3.05) is 26.3 Å². The number of amidine groups is 1. The molecule has 1 saturated heterocycles. The van der Waals surface area contributed by atoms with Crippen LogP contribution in [0.15, 0.2) is 16.8 Å². The van der Waals surface area contributed by atoms with E-state index < -0.39 is 5.91 Å². The highest BCUT2D eigenvalue weighted by molar-refractivity contribution is 5.97. The summed E-state index contributed by atoms with van der Waals surface area (Å²) < 4.78 is 5.32. The van der Waals surface area contributed by atoms with Crippen LogP contribution < -0.4 is 5.73 Å². The first kappa shape index (κ1) is 9.21. The number of hydrogen-bond acceptors (Lipinski definition) is 4. The zero-order valence-electron chi connectivity index (χ0n) is 7.90. The molecule has 0 atom stereocenters. The van der Waals surface area contributed by atoms with Crippen LogP contribution in [0.25, 0.3) is 0 Å². The molecule has 2 N–H and O–H groups in total. The number of ether oxygens (including phenoxy) is 1. The summed E-state index contributed by atoms with van der Waals surface area (Å²) in [6, 6.07) is 0. The Morgan fingerprint density at radius 1 is 1.57 bits per heavy atom. The number of nitrogens with two attached hydrogens (primary N) is 1. The maximum Gasteiger partial charge on any atom is 0.267 e. The highest BCUT2D eigenvalue weighted by Gasteiger charge is 2.19. The number of carbonyl (C=O) groups excluding carboxylic acids is 1. The molecule has 2 heterocycles. The number of aliphatic imine (C=N–C) groups is 1. The third-order valence-corrected chi connectivity index (χ3v) is 2.35. The summed E-state index contributed by atoms with van der Waals surface area (Å²) in [5.41, 5.74) is 5.54. The van der Waals surface area contributed by atoms with Crippen molar-refractivity contribution in [1.29, 1.82) is 0 Å². The van der Waals surface area contributed by atoms with Crippen molar-refractivity contribution < 1.29 is 9.53 Å². The van der Waals surface area contributed by atoms with Crippen molar-refractivity contribution in [2.45, 2.75) is 6.42 Å². The molecule has 14 heavy (non-hydrogen) atoms. The predicted octanol–water partition coefficient (Wildman–Crippen LogP) is -0.510. The minimum Gasteiger partial charge on any atom is -0.379 e. The van der Waals surface area contributed by atoms with Crippen molar-refractivity contribution >= 4 is 11.7 Å². The standard InChI is InChI=1S/C9H13N3O2/c10-9(13)7-1-3-12-4-6-14-5-2-8(12)11-7/h1H,2-6H2,(H2,10,13). The van der Waals surface area contributed by atoms with Crippen LogP contribution in [-0.4, -0.2) is 42.9 Å². The highest BCUT2D eigenvalue weighted by Crippen LogP contribution is 2.12. The van der Waals surface area contributed by atoms with Crippen molar-refractivity contribution in [2.24, 2.45) is 10.7 Å². The minimum atomic E-state index is -0.456. The van der Waals surface area contributed by atoms with Crippen LogP contribution in [-0.2, 0) is 9.53 Å². The predicted molar refractivity (Wildman–Crippen MR) is 51.7 cm³/mol. The van der Waals surface area contributed by atoms with E-state index in [-0.39, 0.29) is 0 Å². The average molecular weight is 195 g/mol. The number of amides is 1. The first-order chi connectivity index (χ1) is 6.77. The molecule has 5 heteroatoms. The van der Waals surface area contributed by atoms with Gasteiger partial charge in [-0.2, -0.15) is 0 Å². The average Bonchev–Trinajstić information content (AvgIpc) is 2.41. The third kappa shape index (κ3) is 1.77. The Hall–Kier alpha value is -1.36. The van der Waals surface area contributed by atoms with Crippen LogP contribution in [0.3, 0.4) is 0 Å². The lowest BCUT2D eigenvalue weighted by molar-refractivity contribution is -0.114. The van der Waals surface area contributed by atoms with Gasteiger partial charge in [-0.3, -0.25) is 4.79 Å². The summed E-state index contributed by atoms with van der Waals surface area (Å²) in [6.45, 7) is 2.93. The minimum absolute atomic E-state index is 0.373. The van der Waals surface area contributed by atoms with E-state index in [4.69, 9.17) is 10.5 Å². The van der Waals surface area contributed by atoms with Crippen LogP contribution in [0.5, 0.6) is 0 Å². The zero-order valence-corrected chi connectivity index (χ0v) is 7.90. The van der Waals surface area contributed by atoms with Gasteiger partial charge in [0.1, 0.15) is 11.5 Å². The lowest BCUT2D eigenvalue weighted by atomic mass is 10.2. The summed E-state index contributed by atoms with van der Waals surface area (Å²) in [5, 5.41) is 0. The van der Waals surface area contributed by atoms with Gasteiger partial charge in [0.25, 0.3) is 5.91 Å². The second-order valence-corrected chi connectivity index (χ2v) is 3.29. The zero-order chi connectivity index (χ0) is 9.97. The van der Waals surface area contributed by atoms with Gasteiger partial charge >= 0.3 is 0 Å². The molecule has 0 aromatic rings. The fourth-order valence-electron chi connectivity index (χ4n) is 1.59. The molecule has 0 aliphatic carbocycles. The van der Waals surface area contributed by atoms with Crippen LogP contribution in [0.1, 0.15) is 6.42 Å². The molecule has 0 bridgehead atoms. The molecule has 0 aromatic carbocycles. The molecular weight excluding hydrogens is 182 g/mol. The summed E-state index contributed by atoms with van der Waals surface area (Å²) in [5.74, 6) is 0.459. The molecular formula is C9H13N3O2. The lowest BCUT2D eigenvalue weighted by Gasteiger charge is -2.25. The van der Waals surface area contributed by atoms with Crippen LogP contribution >= 0.6 is 0 Å². The van der Waals surface area contributed by atoms with Gasteiger partial charge in [-0.1, -0.05) is 0 Å². The molecule has 76 valence electrons. The Balaban J connectivity index is 2.17. The van der Waals surface area contributed by atoms with Crippen LogP contribution in [0.2, 0.25) is 0 Å². The van der Waals surface area contributed by atoms with Crippen LogP contribution in [0.4, 0.5) is 0 Å². The topological polar surface area (TPSA) is 67.9 Å². The molecule has 5 nitrogen and oxygen atoms in total. The Bertz CT molecular complexity index is 309. The van der Waals surface area contributed by atoms with E-state index in [9.17, 15) is 4.79 Å². The molecule has 0 spiro atoms. The van der Waals surface area contributed by atoms with Gasteiger partial charge in [0, 0.05) is 19.5 Å². The molecule has 2 aliphatic heterocycles. The summed E-state index contributed by atoms with van der Waals surface area (Å²) in [7, 11) is 0. The van der Waals surface area contributed by atoms with Gasteiger partial charge in [0.15, 0.2) is 0 Å². The van der Waals surface area contributed by atoms with Crippen molar-refractivity contribution in [3.8, 4) is 0 Å². The quantitative estimate of drug-likeness (QED) is 0.612. The lowest BCUT2D eigenvalue weighted by Crippen LogP contribution is -2.35. The van der Waals surface area contributed by atoms with E-state index in [0.717, 1.165) is 25.4 Å². The number of carbonyl (C=O) groups is 1. The van der Waals surface area contributed by atoms with Gasteiger partial charge in [0.2, 0.25) is 0 Å². The van der Waals surface area contributed by atoms with Gasteiger partial charge < -0.3 is 15.4 Å². The second-order valence-electron chi connectivity index (χ2n) is 3.29. The third-order valence-electron chi connectivity index (χ3n) is 2.35. The molecule has 1 amide bonds. The molecule has 0 radical (unpaired) electrons. The summed E-state index contributed by atoms with van der Waals surface area (Å²) in [6.07, 6.45) is 2.52. The number of rotatable bonds is 1. The Labute approximate surface area is 82.2 Å². The first-order valence-electron chi connectivity index (χ1n) is 4.67. The number of nitrogens with zero attached hydrogens (tertiary/aromatic N) is 2. The Kier molecular flexibility index (Phi) is 2.49. The van der Waals surface area contributed by atoms with E-state index in [0.29, 0.717) is 18.8 Å². The molecule has 0 saturated carbocycles. The SMILES string of the molecule is NC(=O)C1=CCN2CCOCCC2=N1. The number of primary amides is 1. The highest BCUT2D eigenvalue weighted by atomic mass is 16.5. The Morgan fingerprint density at radius 3 is 3.21 bits per heavy atom.